The number of allylic oxidation sites excluding steroid dienone is 3. The predicted molar refractivity (Wildman–Crippen MR) is 77.0 cm³/mol. The van der Waals surface area contributed by atoms with Gasteiger partial charge in [0.15, 0.2) is 0 Å². The van der Waals surface area contributed by atoms with Crippen molar-refractivity contribution in [2.45, 2.75) is 54.9 Å². The third-order valence-corrected chi connectivity index (χ3v) is 1.89. The van der Waals surface area contributed by atoms with E-state index in [0.29, 0.717) is 0 Å². The molecule has 17 heavy (non-hydrogen) atoms. The molecule has 98 valence electrons. The zero-order valence-corrected chi connectivity index (χ0v) is 12.4. The van der Waals surface area contributed by atoms with Crippen LogP contribution >= 0.6 is 0 Å². The first kappa shape index (κ1) is 18.0. The summed E-state index contributed by atoms with van der Waals surface area (Å²) in [4.78, 5) is 1.65. The van der Waals surface area contributed by atoms with Crippen molar-refractivity contribution < 1.29 is 0 Å². The van der Waals surface area contributed by atoms with Gasteiger partial charge in [-0.3, -0.25) is 0 Å². The van der Waals surface area contributed by atoms with Crippen LogP contribution in [0.15, 0.2) is 18.7 Å². The largest absolute Gasteiger partial charge is 0.156 e. The molecule has 1 heterocycles. The lowest BCUT2D eigenvalue weighted by molar-refractivity contribution is 0.749. The second-order valence-corrected chi connectivity index (χ2v) is 2.92. The number of aryl methyl sites for hydroxylation is 2. The topological polar surface area (TPSA) is 30.7 Å². The maximum absolute atomic E-state index is 4.34. The highest BCUT2D eigenvalue weighted by atomic mass is 15.5. The summed E-state index contributed by atoms with van der Waals surface area (Å²) in [5.74, 6) is 0. The molecule has 0 saturated carbocycles. The quantitative estimate of drug-likeness (QED) is 0.736. The molecule has 3 heteroatoms. The number of nitrogens with zero attached hydrogens (tertiary/aromatic N) is 3. The van der Waals surface area contributed by atoms with E-state index < -0.39 is 0 Å². The molecule has 0 aliphatic rings. The van der Waals surface area contributed by atoms with Crippen LogP contribution in [0.1, 0.15) is 52.9 Å². The van der Waals surface area contributed by atoms with Gasteiger partial charge in [0.25, 0.3) is 0 Å². The maximum atomic E-state index is 4.34. The van der Waals surface area contributed by atoms with Crippen molar-refractivity contribution in [2.75, 3.05) is 0 Å². The van der Waals surface area contributed by atoms with Crippen LogP contribution in [0, 0.1) is 6.92 Å². The first-order chi connectivity index (χ1) is 8.19. The SMILES string of the molecule is C=C/C=C(\C)n1nc(C)c(CC)n1.CC.CC. The molecule has 0 saturated heterocycles. The lowest BCUT2D eigenvalue weighted by Crippen LogP contribution is -1.98. The minimum Gasteiger partial charge on any atom is -0.156 e. The summed E-state index contributed by atoms with van der Waals surface area (Å²) in [5, 5.41) is 8.63. The van der Waals surface area contributed by atoms with Gasteiger partial charge in [0.1, 0.15) is 0 Å². The lowest BCUT2D eigenvalue weighted by atomic mass is 10.3. The van der Waals surface area contributed by atoms with Crippen molar-refractivity contribution in [1.82, 2.24) is 15.0 Å². The Labute approximate surface area is 106 Å². The summed E-state index contributed by atoms with van der Waals surface area (Å²) in [7, 11) is 0. The minimum absolute atomic E-state index is 0.924. The van der Waals surface area contributed by atoms with E-state index in [2.05, 4.69) is 23.7 Å². The molecule has 0 aromatic carbocycles. The van der Waals surface area contributed by atoms with Crippen LogP contribution in [0.2, 0.25) is 0 Å². The second kappa shape index (κ2) is 11.1. The molecule has 3 nitrogen and oxygen atoms in total. The van der Waals surface area contributed by atoms with Gasteiger partial charge < -0.3 is 0 Å². The summed E-state index contributed by atoms with van der Waals surface area (Å²) in [5.41, 5.74) is 3.04. The fraction of sp³-hybridized carbons (Fsp3) is 0.571. The smallest absolute Gasteiger partial charge is 0.0858 e. The molecule has 0 N–H and O–H groups in total. The Hall–Kier alpha value is -1.38. The highest BCUT2D eigenvalue weighted by Gasteiger charge is 2.04. The van der Waals surface area contributed by atoms with Crippen LogP contribution in [-0.2, 0) is 6.42 Å². The Bertz CT molecular complexity index is 335. The van der Waals surface area contributed by atoms with Crippen molar-refractivity contribution >= 4 is 5.70 Å². The van der Waals surface area contributed by atoms with Crippen LogP contribution in [0.3, 0.4) is 0 Å². The fourth-order valence-corrected chi connectivity index (χ4v) is 1.13. The molecule has 1 aromatic rings. The Balaban J connectivity index is 0. The van der Waals surface area contributed by atoms with E-state index in [-0.39, 0.29) is 0 Å². The van der Waals surface area contributed by atoms with Gasteiger partial charge in [0, 0.05) is 0 Å². The molecule has 0 spiro atoms. The van der Waals surface area contributed by atoms with E-state index in [9.17, 15) is 0 Å². The standard InChI is InChI=1S/C10H15N3.2C2H6/c1-5-7-8(3)13-11-9(4)10(6-2)12-13;2*1-2/h5,7H,1,6H2,2-4H3;2*1-2H3/b8-7+;;. The zero-order chi connectivity index (χ0) is 13.8. The Kier molecular flexibility index (Phi) is 11.8. The van der Waals surface area contributed by atoms with Crippen molar-refractivity contribution in [3.8, 4) is 0 Å². The van der Waals surface area contributed by atoms with Gasteiger partial charge in [0.05, 0.1) is 17.1 Å². The molecule has 0 atom stereocenters. The minimum atomic E-state index is 0.924. The third kappa shape index (κ3) is 6.05. The van der Waals surface area contributed by atoms with E-state index in [0.717, 1.165) is 23.5 Å². The first-order valence-corrected chi connectivity index (χ1v) is 6.41. The van der Waals surface area contributed by atoms with Gasteiger partial charge in [-0.2, -0.15) is 15.0 Å². The Morgan fingerprint density at radius 2 is 1.76 bits per heavy atom. The average molecular weight is 237 g/mol. The van der Waals surface area contributed by atoms with E-state index in [1.807, 2.05) is 47.6 Å². The summed E-state index contributed by atoms with van der Waals surface area (Å²) in [6.45, 7) is 17.6. The van der Waals surface area contributed by atoms with Gasteiger partial charge >= 0.3 is 0 Å². The normalized spacial score (nSPS) is 9.71. The number of hydrogen-bond acceptors (Lipinski definition) is 2. The third-order valence-electron chi connectivity index (χ3n) is 1.89. The molecule has 0 bridgehead atoms. The lowest BCUT2D eigenvalue weighted by Gasteiger charge is -1.95. The zero-order valence-electron chi connectivity index (χ0n) is 12.4. The van der Waals surface area contributed by atoms with Gasteiger partial charge in [-0.05, 0) is 26.3 Å². The van der Waals surface area contributed by atoms with Crippen molar-refractivity contribution in [1.29, 1.82) is 0 Å². The molecule has 0 aliphatic carbocycles. The van der Waals surface area contributed by atoms with E-state index in [4.69, 9.17) is 0 Å². The monoisotopic (exact) mass is 237 g/mol. The average Bonchev–Trinajstić information content (AvgIpc) is 2.76. The predicted octanol–water partition coefficient (Wildman–Crippen LogP) is 4.25. The Morgan fingerprint density at radius 3 is 2.12 bits per heavy atom. The molecular weight excluding hydrogens is 210 g/mol. The molecule has 0 amide bonds. The van der Waals surface area contributed by atoms with Crippen molar-refractivity contribution in [2.24, 2.45) is 0 Å². The van der Waals surface area contributed by atoms with Crippen LogP contribution in [-0.4, -0.2) is 15.0 Å². The number of aromatic nitrogens is 3. The molecule has 0 radical (unpaired) electrons. The van der Waals surface area contributed by atoms with Gasteiger partial charge in [0.2, 0.25) is 0 Å². The molecule has 1 aromatic heterocycles. The summed E-state index contributed by atoms with van der Waals surface area (Å²) < 4.78 is 0. The molecular formula is C14H27N3. The molecule has 0 fully saturated rings. The van der Waals surface area contributed by atoms with Crippen LogP contribution in [0.25, 0.3) is 5.70 Å². The van der Waals surface area contributed by atoms with E-state index in [1.54, 1.807) is 10.9 Å². The van der Waals surface area contributed by atoms with Crippen molar-refractivity contribution in [3.63, 3.8) is 0 Å². The molecule has 1 rings (SSSR count). The van der Waals surface area contributed by atoms with E-state index in [1.165, 1.54) is 0 Å². The maximum Gasteiger partial charge on any atom is 0.0858 e. The van der Waals surface area contributed by atoms with E-state index >= 15 is 0 Å². The van der Waals surface area contributed by atoms with Gasteiger partial charge in [-0.25, -0.2) is 0 Å². The summed E-state index contributed by atoms with van der Waals surface area (Å²) >= 11 is 0. The van der Waals surface area contributed by atoms with Crippen LogP contribution < -0.4 is 0 Å². The van der Waals surface area contributed by atoms with Crippen LogP contribution in [0.4, 0.5) is 0 Å². The fourth-order valence-electron chi connectivity index (χ4n) is 1.13. The molecule has 0 aliphatic heterocycles. The van der Waals surface area contributed by atoms with Gasteiger partial charge in [-0.15, -0.1) is 0 Å². The highest BCUT2D eigenvalue weighted by molar-refractivity contribution is 5.42. The van der Waals surface area contributed by atoms with Crippen LogP contribution in [0.5, 0.6) is 0 Å². The summed E-state index contributed by atoms with van der Waals surface area (Å²) in [6.07, 6.45) is 4.55. The Morgan fingerprint density at radius 1 is 1.24 bits per heavy atom. The summed E-state index contributed by atoms with van der Waals surface area (Å²) in [6, 6.07) is 0. The second-order valence-electron chi connectivity index (χ2n) is 2.92. The highest BCUT2D eigenvalue weighted by Crippen LogP contribution is 2.06. The van der Waals surface area contributed by atoms with Crippen molar-refractivity contribution in [3.05, 3.63) is 30.1 Å². The molecule has 0 unspecified atom stereocenters. The first-order valence-electron chi connectivity index (χ1n) is 6.41. The number of hydrogen-bond donors (Lipinski definition) is 0. The van der Waals surface area contributed by atoms with Gasteiger partial charge in [-0.1, -0.05) is 47.3 Å². The number of rotatable bonds is 3.